The van der Waals surface area contributed by atoms with Gasteiger partial charge in [0.05, 0.1) is 12.3 Å². The summed E-state index contributed by atoms with van der Waals surface area (Å²) < 4.78 is 2.06. The van der Waals surface area contributed by atoms with Crippen LogP contribution in [0.4, 0.5) is 0 Å². The van der Waals surface area contributed by atoms with Crippen LogP contribution in [0.25, 0.3) is 0 Å². The van der Waals surface area contributed by atoms with Crippen molar-refractivity contribution in [3.05, 3.63) is 47.8 Å². The van der Waals surface area contributed by atoms with E-state index in [1.54, 1.807) is 11.8 Å². The molecule has 0 fully saturated rings. The SMILES string of the molecule is CSc1nc(CO)cn1Cc1ccccc1. The molecule has 0 unspecified atom stereocenters. The van der Waals surface area contributed by atoms with Crippen molar-refractivity contribution in [2.75, 3.05) is 6.26 Å². The fraction of sp³-hybridized carbons (Fsp3) is 0.250. The molecule has 0 amide bonds. The van der Waals surface area contributed by atoms with Crippen molar-refractivity contribution in [3.8, 4) is 0 Å². The third-order valence-corrected chi connectivity index (χ3v) is 3.02. The Morgan fingerprint density at radius 1 is 1.31 bits per heavy atom. The minimum absolute atomic E-state index is 0.00461. The average molecular weight is 234 g/mol. The summed E-state index contributed by atoms with van der Waals surface area (Å²) in [5.41, 5.74) is 1.96. The first kappa shape index (κ1) is 11.2. The van der Waals surface area contributed by atoms with Gasteiger partial charge in [0.15, 0.2) is 5.16 Å². The van der Waals surface area contributed by atoms with Gasteiger partial charge in [-0.2, -0.15) is 0 Å². The lowest BCUT2D eigenvalue weighted by atomic mass is 10.2. The average Bonchev–Trinajstić information content (AvgIpc) is 2.73. The van der Waals surface area contributed by atoms with Gasteiger partial charge in [-0.15, -0.1) is 0 Å². The van der Waals surface area contributed by atoms with Crippen LogP contribution in [0.5, 0.6) is 0 Å². The summed E-state index contributed by atoms with van der Waals surface area (Å²) in [6, 6.07) is 10.2. The highest BCUT2D eigenvalue weighted by molar-refractivity contribution is 7.98. The molecular weight excluding hydrogens is 220 g/mol. The van der Waals surface area contributed by atoms with E-state index in [1.807, 2.05) is 30.7 Å². The fourth-order valence-electron chi connectivity index (χ4n) is 1.58. The number of hydrogen-bond donors (Lipinski definition) is 1. The largest absolute Gasteiger partial charge is 0.390 e. The Hall–Kier alpha value is -1.26. The van der Waals surface area contributed by atoms with Crippen LogP contribution in [-0.2, 0) is 13.2 Å². The smallest absolute Gasteiger partial charge is 0.168 e. The Labute approximate surface area is 99.1 Å². The standard InChI is InChI=1S/C12H14N2OS/c1-16-12-13-11(9-15)8-14(12)7-10-5-3-2-4-6-10/h2-6,8,15H,7,9H2,1H3. The molecule has 0 saturated heterocycles. The number of benzene rings is 1. The molecule has 1 aromatic heterocycles. The van der Waals surface area contributed by atoms with E-state index in [0.29, 0.717) is 0 Å². The van der Waals surface area contributed by atoms with E-state index in [1.165, 1.54) is 5.56 Å². The van der Waals surface area contributed by atoms with Gasteiger partial charge >= 0.3 is 0 Å². The van der Waals surface area contributed by atoms with Crippen LogP contribution < -0.4 is 0 Å². The molecule has 1 N–H and O–H groups in total. The Morgan fingerprint density at radius 2 is 2.06 bits per heavy atom. The van der Waals surface area contributed by atoms with Crippen molar-refractivity contribution in [2.45, 2.75) is 18.3 Å². The molecule has 2 aromatic rings. The Balaban J connectivity index is 2.23. The molecule has 0 aliphatic rings. The lowest BCUT2D eigenvalue weighted by molar-refractivity contribution is 0.277. The first-order valence-electron chi connectivity index (χ1n) is 5.08. The van der Waals surface area contributed by atoms with Crippen LogP contribution in [0, 0.1) is 0 Å². The first-order chi connectivity index (χ1) is 7.83. The molecule has 0 aliphatic carbocycles. The zero-order valence-corrected chi connectivity index (χ0v) is 9.94. The van der Waals surface area contributed by atoms with E-state index in [4.69, 9.17) is 5.11 Å². The molecule has 2 rings (SSSR count). The van der Waals surface area contributed by atoms with E-state index >= 15 is 0 Å². The molecule has 0 bridgehead atoms. The second-order valence-corrected chi connectivity index (χ2v) is 4.26. The van der Waals surface area contributed by atoms with Gasteiger partial charge in [0, 0.05) is 12.7 Å². The summed E-state index contributed by atoms with van der Waals surface area (Å²) in [4.78, 5) is 4.32. The van der Waals surface area contributed by atoms with E-state index in [0.717, 1.165) is 17.4 Å². The van der Waals surface area contributed by atoms with E-state index in [9.17, 15) is 0 Å². The minimum Gasteiger partial charge on any atom is -0.390 e. The molecule has 1 heterocycles. The van der Waals surface area contributed by atoms with Gasteiger partial charge in [-0.1, -0.05) is 42.1 Å². The highest BCUT2D eigenvalue weighted by atomic mass is 32.2. The van der Waals surface area contributed by atoms with Crippen molar-refractivity contribution in [2.24, 2.45) is 0 Å². The number of aliphatic hydroxyl groups excluding tert-OH is 1. The maximum atomic E-state index is 9.05. The molecule has 84 valence electrons. The zero-order valence-electron chi connectivity index (χ0n) is 9.13. The van der Waals surface area contributed by atoms with Gasteiger partial charge in [-0.3, -0.25) is 0 Å². The quantitative estimate of drug-likeness (QED) is 0.824. The molecule has 3 nitrogen and oxygen atoms in total. The predicted molar refractivity (Wildman–Crippen MR) is 65.5 cm³/mol. The van der Waals surface area contributed by atoms with Crippen LogP contribution >= 0.6 is 11.8 Å². The monoisotopic (exact) mass is 234 g/mol. The summed E-state index contributed by atoms with van der Waals surface area (Å²) in [6.07, 6.45) is 3.89. The molecular formula is C12H14N2OS. The third kappa shape index (κ3) is 2.46. The predicted octanol–water partition coefficient (Wildman–Crippen LogP) is 2.15. The second kappa shape index (κ2) is 5.18. The molecule has 1 aromatic carbocycles. The molecule has 0 spiro atoms. The lowest BCUT2D eigenvalue weighted by Crippen LogP contribution is -1.99. The van der Waals surface area contributed by atoms with E-state index in [-0.39, 0.29) is 6.61 Å². The normalized spacial score (nSPS) is 10.6. The van der Waals surface area contributed by atoms with Gasteiger partial charge in [0.1, 0.15) is 0 Å². The maximum absolute atomic E-state index is 9.05. The van der Waals surface area contributed by atoms with Crippen molar-refractivity contribution < 1.29 is 5.11 Å². The zero-order chi connectivity index (χ0) is 11.4. The maximum Gasteiger partial charge on any atom is 0.168 e. The molecule has 16 heavy (non-hydrogen) atoms. The van der Waals surface area contributed by atoms with Gasteiger partial charge in [0.2, 0.25) is 0 Å². The highest BCUT2D eigenvalue weighted by Crippen LogP contribution is 2.16. The van der Waals surface area contributed by atoms with Gasteiger partial charge < -0.3 is 9.67 Å². The van der Waals surface area contributed by atoms with Crippen LogP contribution in [0.3, 0.4) is 0 Å². The molecule has 0 aliphatic heterocycles. The van der Waals surface area contributed by atoms with Crippen molar-refractivity contribution >= 4 is 11.8 Å². The van der Waals surface area contributed by atoms with Crippen molar-refractivity contribution in [1.82, 2.24) is 9.55 Å². The van der Waals surface area contributed by atoms with Crippen molar-refractivity contribution in [1.29, 1.82) is 0 Å². The first-order valence-corrected chi connectivity index (χ1v) is 6.31. The van der Waals surface area contributed by atoms with Gasteiger partial charge in [-0.05, 0) is 11.8 Å². The summed E-state index contributed by atoms with van der Waals surface area (Å²) in [5, 5.41) is 9.99. The van der Waals surface area contributed by atoms with Crippen LogP contribution in [-0.4, -0.2) is 20.9 Å². The molecule has 0 radical (unpaired) electrons. The third-order valence-electron chi connectivity index (χ3n) is 2.33. The fourth-order valence-corrected chi connectivity index (χ4v) is 2.14. The number of rotatable bonds is 4. The second-order valence-electron chi connectivity index (χ2n) is 3.49. The Kier molecular flexibility index (Phi) is 3.64. The van der Waals surface area contributed by atoms with Crippen LogP contribution in [0.15, 0.2) is 41.7 Å². The number of nitrogens with zero attached hydrogens (tertiary/aromatic N) is 2. The topological polar surface area (TPSA) is 38.1 Å². The number of aliphatic hydroxyl groups is 1. The molecule has 4 heteroatoms. The number of thioether (sulfide) groups is 1. The van der Waals surface area contributed by atoms with Gasteiger partial charge in [0.25, 0.3) is 0 Å². The minimum atomic E-state index is -0.00461. The summed E-state index contributed by atoms with van der Waals surface area (Å²) in [6.45, 7) is 0.791. The summed E-state index contributed by atoms with van der Waals surface area (Å²) >= 11 is 1.59. The molecule has 0 atom stereocenters. The molecule has 0 saturated carbocycles. The number of imidazole rings is 1. The van der Waals surface area contributed by atoms with Crippen LogP contribution in [0.2, 0.25) is 0 Å². The Bertz CT molecular complexity index is 453. The lowest BCUT2D eigenvalue weighted by Gasteiger charge is -2.05. The van der Waals surface area contributed by atoms with E-state index in [2.05, 4.69) is 21.7 Å². The summed E-state index contributed by atoms with van der Waals surface area (Å²) in [5.74, 6) is 0. The number of aromatic nitrogens is 2. The van der Waals surface area contributed by atoms with Crippen molar-refractivity contribution in [3.63, 3.8) is 0 Å². The number of hydrogen-bond acceptors (Lipinski definition) is 3. The Morgan fingerprint density at radius 3 is 2.69 bits per heavy atom. The summed E-state index contributed by atoms with van der Waals surface area (Å²) in [7, 11) is 0. The van der Waals surface area contributed by atoms with Gasteiger partial charge in [-0.25, -0.2) is 4.98 Å². The van der Waals surface area contributed by atoms with Crippen LogP contribution in [0.1, 0.15) is 11.3 Å². The highest BCUT2D eigenvalue weighted by Gasteiger charge is 2.06. The van der Waals surface area contributed by atoms with E-state index < -0.39 is 0 Å².